The normalized spacial score (nSPS) is 13.7. The number of nitrogens with one attached hydrogen (secondary N) is 1. The second-order valence-electron chi connectivity index (χ2n) is 3.10. The van der Waals surface area contributed by atoms with Crippen LogP contribution in [0.5, 0.6) is 0 Å². The lowest BCUT2D eigenvalue weighted by atomic mass is 10.2. The van der Waals surface area contributed by atoms with Gasteiger partial charge in [0.2, 0.25) is 10.0 Å². The van der Waals surface area contributed by atoms with Gasteiger partial charge >= 0.3 is 0 Å². The molecule has 1 N–H and O–H groups in total. The molecule has 1 aromatic rings. The van der Waals surface area contributed by atoms with Crippen molar-refractivity contribution in [2.45, 2.75) is 13.0 Å². The molecule has 4 nitrogen and oxygen atoms in total. The summed E-state index contributed by atoms with van der Waals surface area (Å²) in [7, 11) is -3.30. The van der Waals surface area contributed by atoms with Gasteiger partial charge in [0.05, 0.1) is 17.5 Å². The zero-order valence-electron chi connectivity index (χ0n) is 8.35. The van der Waals surface area contributed by atoms with Crippen LogP contribution in [-0.4, -0.2) is 25.0 Å². The number of sulfonamides is 1. The smallest absolute Gasteiger partial charge is 0.213 e. The second kappa shape index (κ2) is 5.44. The molecule has 84 valence electrons. The summed E-state index contributed by atoms with van der Waals surface area (Å²) in [5, 5.41) is 0. The minimum Gasteiger partial charge on any atom is -0.260 e. The number of alkyl halides is 1. The molecule has 0 bridgehead atoms. The summed E-state index contributed by atoms with van der Waals surface area (Å²) < 4.78 is 25.3. The zero-order chi connectivity index (χ0) is 11.3. The van der Waals surface area contributed by atoms with Crippen LogP contribution >= 0.6 is 11.6 Å². The summed E-state index contributed by atoms with van der Waals surface area (Å²) in [4.78, 5) is 4.06. The first kappa shape index (κ1) is 12.4. The van der Waals surface area contributed by atoms with E-state index in [4.69, 9.17) is 11.6 Å². The average molecular weight is 249 g/mol. The molecule has 0 aliphatic heterocycles. The lowest BCUT2D eigenvalue weighted by molar-refractivity contribution is 0.565. The van der Waals surface area contributed by atoms with Gasteiger partial charge in [0.1, 0.15) is 0 Å². The highest BCUT2D eigenvalue weighted by Crippen LogP contribution is 2.09. The first-order valence-electron chi connectivity index (χ1n) is 4.52. The quantitative estimate of drug-likeness (QED) is 0.799. The molecule has 0 fully saturated rings. The van der Waals surface area contributed by atoms with Crippen LogP contribution in [0.1, 0.15) is 18.7 Å². The maximum absolute atomic E-state index is 11.4. The summed E-state index contributed by atoms with van der Waals surface area (Å²) in [6.45, 7) is 1.74. The van der Waals surface area contributed by atoms with Gasteiger partial charge in [0, 0.05) is 12.1 Å². The minimum absolute atomic E-state index is 0.0776. The van der Waals surface area contributed by atoms with E-state index >= 15 is 0 Å². The van der Waals surface area contributed by atoms with Crippen molar-refractivity contribution in [3.63, 3.8) is 0 Å². The van der Waals surface area contributed by atoms with Crippen molar-refractivity contribution in [1.29, 1.82) is 0 Å². The number of aromatic nitrogens is 1. The van der Waals surface area contributed by atoms with E-state index in [0.717, 1.165) is 0 Å². The molecule has 1 rings (SSSR count). The molecule has 0 saturated carbocycles. The van der Waals surface area contributed by atoms with E-state index in [-0.39, 0.29) is 17.7 Å². The maximum Gasteiger partial charge on any atom is 0.213 e. The van der Waals surface area contributed by atoms with Gasteiger partial charge in [-0.05, 0) is 19.1 Å². The summed E-state index contributed by atoms with van der Waals surface area (Å²) in [6.07, 6.45) is 1.63. The fraction of sp³-hybridized carbons (Fsp3) is 0.444. The third-order valence-electron chi connectivity index (χ3n) is 1.83. The van der Waals surface area contributed by atoms with Gasteiger partial charge in [-0.3, -0.25) is 4.98 Å². The van der Waals surface area contributed by atoms with Crippen LogP contribution in [0.25, 0.3) is 0 Å². The average Bonchev–Trinajstić information content (AvgIpc) is 2.18. The molecule has 1 atom stereocenters. The van der Waals surface area contributed by atoms with Crippen molar-refractivity contribution in [2.24, 2.45) is 0 Å². The summed E-state index contributed by atoms with van der Waals surface area (Å²) in [5.41, 5.74) is 0.690. The van der Waals surface area contributed by atoms with E-state index in [1.54, 1.807) is 25.3 Å². The van der Waals surface area contributed by atoms with E-state index in [1.165, 1.54) is 0 Å². The number of hydrogen-bond acceptors (Lipinski definition) is 3. The molecule has 0 aromatic carbocycles. The van der Waals surface area contributed by atoms with Crippen LogP contribution in [0.15, 0.2) is 24.4 Å². The van der Waals surface area contributed by atoms with Crippen LogP contribution < -0.4 is 4.72 Å². The molecule has 0 aliphatic carbocycles. The van der Waals surface area contributed by atoms with Gasteiger partial charge in [-0.15, -0.1) is 11.6 Å². The van der Waals surface area contributed by atoms with E-state index < -0.39 is 10.0 Å². The Labute approximate surface area is 94.7 Å². The largest absolute Gasteiger partial charge is 0.260 e. The van der Waals surface area contributed by atoms with Crippen molar-refractivity contribution >= 4 is 21.6 Å². The predicted octanol–water partition coefficient (Wildman–Crippen LogP) is 1.30. The second-order valence-corrected chi connectivity index (χ2v) is 5.35. The molecule has 15 heavy (non-hydrogen) atoms. The fourth-order valence-electron chi connectivity index (χ4n) is 1.12. The highest BCUT2D eigenvalue weighted by molar-refractivity contribution is 7.89. The first-order valence-corrected chi connectivity index (χ1v) is 6.71. The predicted molar refractivity (Wildman–Crippen MR) is 60.3 cm³/mol. The van der Waals surface area contributed by atoms with Crippen LogP contribution in [0.2, 0.25) is 0 Å². The highest BCUT2D eigenvalue weighted by Gasteiger charge is 2.15. The molecule has 0 unspecified atom stereocenters. The van der Waals surface area contributed by atoms with Crippen LogP contribution in [0.4, 0.5) is 0 Å². The van der Waals surface area contributed by atoms with Crippen molar-refractivity contribution in [3.8, 4) is 0 Å². The molecular weight excluding hydrogens is 236 g/mol. The van der Waals surface area contributed by atoms with E-state index in [0.29, 0.717) is 5.69 Å². The number of pyridine rings is 1. The Morgan fingerprint density at radius 1 is 1.53 bits per heavy atom. The Hall–Kier alpha value is -0.650. The molecule has 6 heteroatoms. The molecule has 0 saturated heterocycles. The maximum atomic E-state index is 11.4. The number of nitrogens with zero attached hydrogens (tertiary/aromatic N) is 1. The lowest BCUT2D eigenvalue weighted by Crippen LogP contribution is -2.30. The number of halogens is 1. The highest BCUT2D eigenvalue weighted by atomic mass is 35.5. The number of hydrogen-bond donors (Lipinski definition) is 1. The van der Waals surface area contributed by atoms with Gasteiger partial charge in [-0.25, -0.2) is 13.1 Å². The topological polar surface area (TPSA) is 59.1 Å². The SMILES string of the molecule is C[C@H](NS(=O)(=O)CCCl)c1ccccn1. The van der Waals surface area contributed by atoms with Crippen LogP contribution in [0, 0.1) is 0 Å². The molecule has 1 aromatic heterocycles. The fourth-order valence-corrected chi connectivity index (χ4v) is 2.71. The van der Waals surface area contributed by atoms with Gasteiger partial charge in [0.15, 0.2) is 0 Å². The van der Waals surface area contributed by atoms with Crippen LogP contribution in [0.3, 0.4) is 0 Å². The molecular formula is C9H13ClN2O2S. The molecule has 0 amide bonds. The Balaban J connectivity index is 2.68. The lowest BCUT2D eigenvalue weighted by Gasteiger charge is -2.12. The van der Waals surface area contributed by atoms with Crippen molar-refractivity contribution in [1.82, 2.24) is 9.71 Å². The van der Waals surface area contributed by atoms with Gasteiger partial charge in [0.25, 0.3) is 0 Å². The molecule has 0 aliphatic rings. The Kier molecular flexibility index (Phi) is 4.50. The summed E-state index contributed by atoms with van der Waals surface area (Å²) >= 11 is 5.38. The standard InChI is InChI=1S/C9H13ClN2O2S/c1-8(9-4-2-3-6-11-9)12-15(13,14)7-5-10/h2-4,6,8,12H,5,7H2,1H3/t8-/m0/s1. The molecule has 0 radical (unpaired) electrons. The number of rotatable bonds is 5. The molecule has 0 spiro atoms. The summed E-state index contributed by atoms with van der Waals surface area (Å²) in [6, 6.07) is 5.03. The third-order valence-corrected chi connectivity index (χ3v) is 3.70. The monoisotopic (exact) mass is 248 g/mol. The van der Waals surface area contributed by atoms with Crippen LogP contribution in [-0.2, 0) is 10.0 Å². The van der Waals surface area contributed by atoms with Crippen molar-refractivity contribution in [2.75, 3.05) is 11.6 Å². The van der Waals surface area contributed by atoms with Gasteiger partial charge < -0.3 is 0 Å². The van der Waals surface area contributed by atoms with Gasteiger partial charge in [-0.1, -0.05) is 6.07 Å². The van der Waals surface area contributed by atoms with E-state index in [9.17, 15) is 8.42 Å². The van der Waals surface area contributed by atoms with Crippen molar-refractivity contribution < 1.29 is 8.42 Å². The Morgan fingerprint density at radius 2 is 2.27 bits per heavy atom. The Morgan fingerprint density at radius 3 is 2.80 bits per heavy atom. The third kappa shape index (κ3) is 4.15. The summed E-state index contributed by atoms with van der Waals surface area (Å²) in [5.74, 6) is 0.00992. The van der Waals surface area contributed by atoms with Gasteiger partial charge in [-0.2, -0.15) is 0 Å². The van der Waals surface area contributed by atoms with Crippen molar-refractivity contribution in [3.05, 3.63) is 30.1 Å². The van der Waals surface area contributed by atoms with E-state index in [1.807, 2.05) is 6.07 Å². The van der Waals surface area contributed by atoms with E-state index in [2.05, 4.69) is 9.71 Å². The minimum atomic E-state index is -3.30. The molecule has 1 heterocycles. The Bertz CT molecular complexity index is 394. The first-order chi connectivity index (χ1) is 7.05. The zero-order valence-corrected chi connectivity index (χ0v) is 9.92.